The number of nitrogens with zero attached hydrogens (tertiary/aromatic N) is 2. The number of aryl methyl sites for hydroxylation is 1. The lowest BCUT2D eigenvalue weighted by Crippen LogP contribution is -2.37. The van der Waals surface area contributed by atoms with Crippen LogP contribution in [-0.4, -0.2) is 35.6 Å². The maximum Gasteiger partial charge on any atom is 0.229 e. The number of benzene rings is 2. The van der Waals surface area contributed by atoms with Gasteiger partial charge in [0.2, 0.25) is 11.8 Å². The van der Waals surface area contributed by atoms with Gasteiger partial charge in [0.05, 0.1) is 5.92 Å². The zero-order chi connectivity index (χ0) is 19.0. The van der Waals surface area contributed by atoms with Gasteiger partial charge in [0.1, 0.15) is 5.37 Å². The molecule has 0 spiro atoms. The zero-order valence-corrected chi connectivity index (χ0v) is 16.7. The Hall–Kier alpha value is -1.98. The molecule has 4 rings (SSSR count). The van der Waals surface area contributed by atoms with E-state index in [4.69, 9.17) is 11.6 Å². The number of hydrogen-bond acceptors (Lipinski definition) is 3. The van der Waals surface area contributed by atoms with Crippen LogP contribution in [0.15, 0.2) is 48.5 Å². The van der Waals surface area contributed by atoms with Gasteiger partial charge in [-0.15, -0.1) is 11.8 Å². The van der Waals surface area contributed by atoms with Gasteiger partial charge in [-0.05, 0) is 36.8 Å². The van der Waals surface area contributed by atoms with Crippen LogP contribution < -0.4 is 4.90 Å². The molecular weight excluding hydrogens is 380 g/mol. The number of rotatable bonds is 3. The monoisotopic (exact) mass is 400 g/mol. The van der Waals surface area contributed by atoms with Crippen molar-refractivity contribution in [2.45, 2.75) is 18.7 Å². The normalized spacial score (nSPS) is 22.5. The van der Waals surface area contributed by atoms with E-state index in [2.05, 4.69) is 0 Å². The van der Waals surface area contributed by atoms with Crippen LogP contribution in [0.1, 0.15) is 22.9 Å². The van der Waals surface area contributed by atoms with Gasteiger partial charge in [-0.2, -0.15) is 0 Å². The summed E-state index contributed by atoms with van der Waals surface area (Å²) in [5, 5.41) is 0.688. The number of halogens is 1. The lowest BCUT2D eigenvalue weighted by atomic mass is 10.1. The predicted molar refractivity (Wildman–Crippen MR) is 110 cm³/mol. The van der Waals surface area contributed by atoms with E-state index in [-0.39, 0.29) is 29.5 Å². The van der Waals surface area contributed by atoms with Crippen molar-refractivity contribution in [1.82, 2.24) is 4.90 Å². The Labute approximate surface area is 168 Å². The molecule has 2 aromatic carbocycles. The average molecular weight is 401 g/mol. The SMILES string of the molecule is Cc1ccc(N2CC(C(=O)N3CCSC3c3ccc(Cl)cc3)CC2=O)cc1. The molecule has 2 aliphatic rings. The number of amides is 2. The summed E-state index contributed by atoms with van der Waals surface area (Å²) in [5.41, 5.74) is 3.10. The van der Waals surface area contributed by atoms with Crippen LogP contribution in [0.5, 0.6) is 0 Å². The van der Waals surface area contributed by atoms with Gasteiger partial charge in [0.15, 0.2) is 0 Å². The van der Waals surface area contributed by atoms with Gasteiger partial charge in [-0.3, -0.25) is 9.59 Å². The smallest absolute Gasteiger partial charge is 0.229 e. The van der Waals surface area contributed by atoms with E-state index in [1.54, 1.807) is 16.7 Å². The van der Waals surface area contributed by atoms with Crippen molar-refractivity contribution in [3.8, 4) is 0 Å². The van der Waals surface area contributed by atoms with Crippen molar-refractivity contribution in [2.75, 3.05) is 23.7 Å². The van der Waals surface area contributed by atoms with Gasteiger partial charge in [0.25, 0.3) is 0 Å². The molecule has 2 fully saturated rings. The van der Waals surface area contributed by atoms with E-state index in [0.717, 1.165) is 22.6 Å². The Morgan fingerprint density at radius 1 is 1.11 bits per heavy atom. The highest BCUT2D eigenvalue weighted by Crippen LogP contribution is 2.40. The Bertz CT molecular complexity index is 853. The molecule has 0 bridgehead atoms. The first-order chi connectivity index (χ1) is 13.0. The molecule has 2 atom stereocenters. The molecular formula is C21H21ClN2O2S. The number of thioether (sulfide) groups is 1. The standard InChI is InChI=1S/C21H21ClN2O2S/c1-14-2-8-18(9-3-14)24-13-16(12-19(24)25)20(26)23-10-11-27-21(23)15-4-6-17(22)7-5-15/h2-9,16,21H,10-13H2,1H3. The summed E-state index contributed by atoms with van der Waals surface area (Å²) in [7, 11) is 0. The number of carbonyl (C=O) groups is 2. The van der Waals surface area contributed by atoms with E-state index in [0.29, 0.717) is 18.1 Å². The van der Waals surface area contributed by atoms with Crippen molar-refractivity contribution in [3.05, 3.63) is 64.7 Å². The van der Waals surface area contributed by atoms with Crippen molar-refractivity contribution in [1.29, 1.82) is 0 Å². The van der Waals surface area contributed by atoms with Crippen LogP contribution in [0.25, 0.3) is 0 Å². The lowest BCUT2D eigenvalue weighted by molar-refractivity contribution is -0.136. The quantitative estimate of drug-likeness (QED) is 0.772. The largest absolute Gasteiger partial charge is 0.325 e. The van der Waals surface area contributed by atoms with Crippen molar-refractivity contribution in [3.63, 3.8) is 0 Å². The minimum absolute atomic E-state index is 0.00158. The molecule has 0 N–H and O–H groups in total. The number of anilines is 1. The van der Waals surface area contributed by atoms with Gasteiger partial charge in [-0.1, -0.05) is 41.4 Å². The van der Waals surface area contributed by atoms with Crippen LogP contribution in [0.2, 0.25) is 5.02 Å². The Kier molecular flexibility index (Phi) is 5.15. The summed E-state index contributed by atoms with van der Waals surface area (Å²) in [6.07, 6.45) is 0.279. The molecule has 0 aliphatic carbocycles. The van der Waals surface area contributed by atoms with Crippen LogP contribution in [0.4, 0.5) is 5.69 Å². The van der Waals surface area contributed by atoms with E-state index in [9.17, 15) is 9.59 Å². The van der Waals surface area contributed by atoms with Crippen molar-refractivity contribution in [2.24, 2.45) is 5.92 Å². The first kappa shape index (κ1) is 18.4. The highest BCUT2D eigenvalue weighted by Gasteiger charge is 2.40. The molecule has 0 saturated carbocycles. The molecule has 27 heavy (non-hydrogen) atoms. The summed E-state index contributed by atoms with van der Waals surface area (Å²) < 4.78 is 0. The highest BCUT2D eigenvalue weighted by molar-refractivity contribution is 7.99. The third kappa shape index (κ3) is 3.71. The minimum atomic E-state index is -0.285. The molecule has 2 amide bonds. The fourth-order valence-corrected chi connectivity index (χ4v) is 5.07. The topological polar surface area (TPSA) is 40.6 Å². The van der Waals surface area contributed by atoms with Gasteiger partial charge < -0.3 is 9.80 Å². The van der Waals surface area contributed by atoms with Crippen LogP contribution in [0.3, 0.4) is 0 Å². The first-order valence-corrected chi connectivity index (χ1v) is 10.5. The van der Waals surface area contributed by atoms with E-state index in [1.165, 1.54) is 0 Å². The molecule has 140 valence electrons. The molecule has 2 aliphatic heterocycles. The van der Waals surface area contributed by atoms with E-state index in [1.807, 2.05) is 60.4 Å². The fourth-order valence-electron chi connectivity index (χ4n) is 3.68. The maximum atomic E-state index is 13.2. The van der Waals surface area contributed by atoms with Gasteiger partial charge in [-0.25, -0.2) is 0 Å². The Morgan fingerprint density at radius 2 is 1.81 bits per heavy atom. The molecule has 4 nitrogen and oxygen atoms in total. The predicted octanol–water partition coefficient (Wildman–Crippen LogP) is 4.28. The summed E-state index contributed by atoms with van der Waals surface area (Å²) in [5.74, 6) is 0.712. The third-order valence-corrected chi connectivity index (χ3v) is 6.66. The average Bonchev–Trinajstić information content (AvgIpc) is 3.30. The van der Waals surface area contributed by atoms with Crippen molar-refractivity contribution < 1.29 is 9.59 Å². The van der Waals surface area contributed by atoms with E-state index >= 15 is 0 Å². The summed E-state index contributed by atoms with van der Waals surface area (Å²) >= 11 is 7.75. The number of hydrogen-bond donors (Lipinski definition) is 0. The summed E-state index contributed by atoms with van der Waals surface area (Å²) in [4.78, 5) is 29.4. The lowest BCUT2D eigenvalue weighted by Gasteiger charge is -2.27. The maximum absolute atomic E-state index is 13.2. The second-order valence-corrected chi connectivity index (χ2v) is 8.67. The van der Waals surface area contributed by atoms with Crippen LogP contribution in [0, 0.1) is 12.8 Å². The minimum Gasteiger partial charge on any atom is -0.325 e. The highest BCUT2D eigenvalue weighted by atomic mass is 35.5. The summed E-state index contributed by atoms with van der Waals surface area (Å²) in [6.45, 7) is 3.19. The summed E-state index contributed by atoms with van der Waals surface area (Å²) in [6, 6.07) is 15.5. The second kappa shape index (κ2) is 7.56. The second-order valence-electron chi connectivity index (χ2n) is 7.05. The Balaban J connectivity index is 1.50. The van der Waals surface area contributed by atoms with Gasteiger partial charge in [0, 0.05) is 36.0 Å². The zero-order valence-electron chi connectivity index (χ0n) is 15.1. The van der Waals surface area contributed by atoms with Crippen LogP contribution in [-0.2, 0) is 9.59 Å². The first-order valence-electron chi connectivity index (χ1n) is 9.07. The number of carbonyl (C=O) groups excluding carboxylic acids is 2. The molecule has 0 aromatic heterocycles. The molecule has 2 aromatic rings. The van der Waals surface area contributed by atoms with Crippen LogP contribution >= 0.6 is 23.4 Å². The molecule has 2 heterocycles. The van der Waals surface area contributed by atoms with Crippen molar-refractivity contribution >= 4 is 40.9 Å². The molecule has 0 radical (unpaired) electrons. The third-order valence-electron chi connectivity index (χ3n) is 5.15. The van der Waals surface area contributed by atoms with E-state index < -0.39 is 0 Å². The molecule has 6 heteroatoms. The molecule has 2 saturated heterocycles. The fraction of sp³-hybridized carbons (Fsp3) is 0.333. The Morgan fingerprint density at radius 3 is 2.52 bits per heavy atom. The van der Waals surface area contributed by atoms with Gasteiger partial charge >= 0.3 is 0 Å². The molecule has 2 unspecified atom stereocenters.